The molecule has 0 aliphatic carbocycles. The van der Waals surface area contributed by atoms with Crippen molar-refractivity contribution in [2.24, 2.45) is 0 Å². The minimum Gasteiger partial charge on any atom is -0.395 e. The smallest absolute Gasteiger partial charge is 0.0555 e. The van der Waals surface area contributed by atoms with Gasteiger partial charge in [0.05, 0.1) is 6.61 Å². The molecule has 0 saturated heterocycles. The van der Waals surface area contributed by atoms with E-state index in [1.165, 1.54) is 38.5 Å². The van der Waals surface area contributed by atoms with E-state index in [0.717, 1.165) is 26.2 Å². The van der Waals surface area contributed by atoms with Gasteiger partial charge in [-0.2, -0.15) is 0 Å². The fourth-order valence-electron chi connectivity index (χ4n) is 1.59. The van der Waals surface area contributed by atoms with Crippen LogP contribution in [0.15, 0.2) is 0 Å². The molecule has 0 saturated carbocycles. The van der Waals surface area contributed by atoms with Crippen molar-refractivity contribution in [3.8, 4) is 0 Å². The SMILES string of the molecule is CCCCCCCCOCCCNCCO. The number of hydrogen-bond donors (Lipinski definition) is 2. The van der Waals surface area contributed by atoms with Gasteiger partial charge in [0, 0.05) is 19.8 Å². The molecule has 0 radical (unpaired) electrons. The number of nitrogens with one attached hydrogen (secondary N) is 1. The Morgan fingerprint density at radius 2 is 1.56 bits per heavy atom. The molecular weight excluding hydrogens is 202 g/mol. The lowest BCUT2D eigenvalue weighted by Gasteiger charge is -2.05. The zero-order chi connectivity index (χ0) is 11.9. The van der Waals surface area contributed by atoms with Gasteiger partial charge in [-0.3, -0.25) is 0 Å². The van der Waals surface area contributed by atoms with Crippen LogP contribution in [0.5, 0.6) is 0 Å². The van der Waals surface area contributed by atoms with E-state index in [4.69, 9.17) is 9.84 Å². The van der Waals surface area contributed by atoms with Crippen LogP contribution < -0.4 is 5.32 Å². The van der Waals surface area contributed by atoms with Crippen LogP contribution in [0.1, 0.15) is 51.9 Å². The fraction of sp³-hybridized carbons (Fsp3) is 1.00. The Bertz CT molecular complexity index is 107. The molecule has 0 aliphatic rings. The van der Waals surface area contributed by atoms with E-state index < -0.39 is 0 Å². The van der Waals surface area contributed by atoms with Crippen molar-refractivity contribution in [1.29, 1.82) is 0 Å². The summed E-state index contributed by atoms with van der Waals surface area (Å²) in [4.78, 5) is 0. The summed E-state index contributed by atoms with van der Waals surface area (Å²) in [5.41, 5.74) is 0. The van der Waals surface area contributed by atoms with Crippen LogP contribution in [-0.4, -0.2) is 38.0 Å². The Hall–Kier alpha value is -0.120. The van der Waals surface area contributed by atoms with Crippen LogP contribution in [0, 0.1) is 0 Å². The molecule has 3 nitrogen and oxygen atoms in total. The molecule has 0 bridgehead atoms. The van der Waals surface area contributed by atoms with Crippen LogP contribution in [0.3, 0.4) is 0 Å². The first-order valence-electron chi connectivity index (χ1n) is 6.81. The molecule has 98 valence electrons. The molecule has 3 heteroatoms. The van der Waals surface area contributed by atoms with Gasteiger partial charge in [0.2, 0.25) is 0 Å². The molecule has 0 atom stereocenters. The van der Waals surface area contributed by atoms with Crippen molar-refractivity contribution >= 4 is 0 Å². The average Bonchev–Trinajstić information content (AvgIpc) is 2.31. The van der Waals surface area contributed by atoms with Crippen molar-refractivity contribution in [3.63, 3.8) is 0 Å². The molecule has 0 fully saturated rings. The zero-order valence-corrected chi connectivity index (χ0v) is 10.8. The first kappa shape index (κ1) is 15.9. The van der Waals surface area contributed by atoms with Crippen LogP contribution in [0.4, 0.5) is 0 Å². The van der Waals surface area contributed by atoms with E-state index in [-0.39, 0.29) is 6.61 Å². The predicted octanol–water partition coefficient (Wildman–Crippen LogP) is 2.34. The Morgan fingerprint density at radius 1 is 0.875 bits per heavy atom. The maximum Gasteiger partial charge on any atom is 0.0555 e. The highest BCUT2D eigenvalue weighted by atomic mass is 16.5. The maximum atomic E-state index is 8.53. The van der Waals surface area contributed by atoms with Crippen molar-refractivity contribution in [2.75, 3.05) is 32.9 Å². The van der Waals surface area contributed by atoms with Crippen LogP contribution in [0.25, 0.3) is 0 Å². The number of rotatable bonds is 13. The monoisotopic (exact) mass is 231 g/mol. The molecule has 0 heterocycles. The first-order valence-corrected chi connectivity index (χ1v) is 6.81. The number of aliphatic hydroxyl groups excluding tert-OH is 1. The minimum absolute atomic E-state index is 0.221. The molecule has 0 rings (SSSR count). The Kier molecular flexibility index (Phi) is 14.8. The van der Waals surface area contributed by atoms with Gasteiger partial charge in [-0.05, 0) is 19.4 Å². The van der Waals surface area contributed by atoms with Crippen molar-refractivity contribution in [1.82, 2.24) is 5.32 Å². The van der Waals surface area contributed by atoms with Gasteiger partial charge < -0.3 is 15.2 Å². The van der Waals surface area contributed by atoms with Crippen molar-refractivity contribution in [3.05, 3.63) is 0 Å². The molecule has 0 unspecified atom stereocenters. The Morgan fingerprint density at radius 3 is 2.31 bits per heavy atom. The summed E-state index contributed by atoms with van der Waals surface area (Å²) in [5, 5.41) is 11.7. The van der Waals surface area contributed by atoms with E-state index >= 15 is 0 Å². The standard InChI is InChI=1S/C13H29NO2/c1-2-3-4-5-6-7-12-16-13-8-9-14-10-11-15/h14-15H,2-13H2,1H3. The summed E-state index contributed by atoms with van der Waals surface area (Å²) >= 11 is 0. The summed E-state index contributed by atoms with van der Waals surface area (Å²) in [6, 6.07) is 0. The van der Waals surface area contributed by atoms with Gasteiger partial charge in [0.25, 0.3) is 0 Å². The average molecular weight is 231 g/mol. The van der Waals surface area contributed by atoms with Crippen LogP contribution in [-0.2, 0) is 4.74 Å². The quantitative estimate of drug-likeness (QED) is 0.478. The van der Waals surface area contributed by atoms with Gasteiger partial charge >= 0.3 is 0 Å². The second-order valence-corrected chi connectivity index (χ2v) is 4.21. The molecule has 2 N–H and O–H groups in total. The summed E-state index contributed by atoms with van der Waals surface area (Å²) in [6.07, 6.45) is 8.97. The minimum atomic E-state index is 0.221. The normalized spacial score (nSPS) is 10.9. The number of hydrogen-bond acceptors (Lipinski definition) is 3. The second kappa shape index (κ2) is 14.9. The molecule has 0 aromatic carbocycles. The Labute approximate surface area is 101 Å². The van der Waals surface area contributed by atoms with E-state index in [2.05, 4.69) is 12.2 Å². The van der Waals surface area contributed by atoms with Gasteiger partial charge in [0.1, 0.15) is 0 Å². The van der Waals surface area contributed by atoms with E-state index in [1.807, 2.05) is 0 Å². The van der Waals surface area contributed by atoms with Crippen LogP contribution >= 0.6 is 0 Å². The molecule has 0 aromatic heterocycles. The van der Waals surface area contributed by atoms with E-state index in [9.17, 15) is 0 Å². The third-order valence-corrected chi connectivity index (χ3v) is 2.57. The first-order chi connectivity index (χ1) is 7.91. The lowest BCUT2D eigenvalue weighted by Crippen LogP contribution is -2.20. The van der Waals surface area contributed by atoms with Gasteiger partial charge in [-0.1, -0.05) is 39.0 Å². The highest BCUT2D eigenvalue weighted by Gasteiger charge is 1.91. The highest BCUT2D eigenvalue weighted by molar-refractivity contribution is 4.46. The summed E-state index contributed by atoms with van der Waals surface area (Å²) in [7, 11) is 0. The van der Waals surface area contributed by atoms with E-state index in [0.29, 0.717) is 6.54 Å². The predicted molar refractivity (Wildman–Crippen MR) is 68.8 cm³/mol. The largest absolute Gasteiger partial charge is 0.395 e. The lowest BCUT2D eigenvalue weighted by molar-refractivity contribution is 0.127. The Balaban J connectivity index is 2.83. The molecular formula is C13H29NO2. The van der Waals surface area contributed by atoms with Gasteiger partial charge in [0.15, 0.2) is 0 Å². The third kappa shape index (κ3) is 13.9. The van der Waals surface area contributed by atoms with Gasteiger partial charge in [-0.25, -0.2) is 0 Å². The highest BCUT2D eigenvalue weighted by Crippen LogP contribution is 2.04. The molecule has 0 aliphatic heterocycles. The summed E-state index contributed by atoms with van der Waals surface area (Å²) in [5.74, 6) is 0. The van der Waals surface area contributed by atoms with Crippen molar-refractivity contribution < 1.29 is 9.84 Å². The van der Waals surface area contributed by atoms with Crippen LogP contribution in [0.2, 0.25) is 0 Å². The molecule has 0 spiro atoms. The summed E-state index contributed by atoms with van der Waals surface area (Å²) in [6.45, 7) is 5.85. The second-order valence-electron chi connectivity index (χ2n) is 4.21. The number of unbranched alkanes of at least 4 members (excludes halogenated alkanes) is 5. The van der Waals surface area contributed by atoms with E-state index in [1.54, 1.807) is 0 Å². The number of aliphatic hydroxyl groups is 1. The fourth-order valence-corrected chi connectivity index (χ4v) is 1.59. The lowest BCUT2D eigenvalue weighted by atomic mass is 10.1. The molecule has 16 heavy (non-hydrogen) atoms. The summed E-state index contributed by atoms with van der Waals surface area (Å²) < 4.78 is 5.52. The molecule has 0 amide bonds. The zero-order valence-electron chi connectivity index (χ0n) is 10.8. The third-order valence-electron chi connectivity index (χ3n) is 2.57. The van der Waals surface area contributed by atoms with Gasteiger partial charge in [-0.15, -0.1) is 0 Å². The van der Waals surface area contributed by atoms with Crippen molar-refractivity contribution in [2.45, 2.75) is 51.9 Å². The number of ether oxygens (including phenoxy) is 1. The molecule has 0 aromatic rings. The topological polar surface area (TPSA) is 41.5 Å². The maximum absolute atomic E-state index is 8.53.